The third kappa shape index (κ3) is 2.40. The number of rotatable bonds is 4. The van der Waals surface area contributed by atoms with E-state index in [1.807, 2.05) is 12.4 Å². The summed E-state index contributed by atoms with van der Waals surface area (Å²) in [5, 5.41) is 0. The Morgan fingerprint density at radius 2 is 2.31 bits per heavy atom. The van der Waals surface area contributed by atoms with Gasteiger partial charge in [0.1, 0.15) is 5.76 Å². The van der Waals surface area contributed by atoms with Crippen molar-refractivity contribution >= 4 is 5.71 Å². The van der Waals surface area contributed by atoms with Gasteiger partial charge < -0.3 is 4.42 Å². The largest absolute Gasteiger partial charge is 0.445 e. The van der Waals surface area contributed by atoms with Gasteiger partial charge in [-0.15, -0.1) is 0 Å². The van der Waals surface area contributed by atoms with Crippen LogP contribution in [0.15, 0.2) is 27.4 Å². The van der Waals surface area contributed by atoms with Crippen LogP contribution in [0.5, 0.6) is 0 Å². The Morgan fingerprint density at radius 1 is 1.50 bits per heavy atom. The van der Waals surface area contributed by atoms with Gasteiger partial charge in [-0.3, -0.25) is 4.99 Å². The molecule has 1 aliphatic rings. The lowest BCUT2D eigenvalue weighted by atomic mass is 9.99. The van der Waals surface area contributed by atoms with Crippen LogP contribution in [0.4, 0.5) is 0 Å². The molecule has 1 aromatic heterocycles. The smallest absolute Gasteiger partial charge is 0.197 e. The van der Waals surface area contributed by atoms with Gasteiger partial charge in [0.2, 0.25) is 0 Å². The van der Waals surface area contributed by atoms with Crippen LogP contribution in [-0.2, 0) is 6.42 Å². The van der Waals surface area contributed by atoms with Gasteiger partial charge in [-0.25, -0.2) is 4.98 Å². The van der Waals surface area contributed by atoms with E-state index in [1.54, 1.807) is 0 Å². The predicted octanol–water partition coefficient (Wildman–Crippen LogP) is 3.48. The number of oxazole rings is 1. The SMILES string of the molecule is CCc1cnc(C(C)CC2=CN=C(C)C2)o1. The zero-order valence-corrected chi connectivity index (χ0v) is 10.2. The van der Waals surface area contributed by atoms with Gasteiger partial charge in [0.05, 0.1) is 6.20 Å². The molecule has 16 heavy (non-hydrogen) atoms. The lowest BCUT2D eigenvalue weighted by Gasteiger charge is -2.07. The highest BCUT2D eigenvalue weighted by molar-refractivity contribution is 5.86. The Hall–Kier alpha value is -1.38. The maximum atomic E-state index is 5.66. The second kappa shape index (κ2) is 4.64. The van der Waals surface area contributed by atoms with E-state index in [-0.39, 0.29) is 0 Å². The highest BCUT2D eigenvalue weighted by Gasteiger charge is 2.16. The minimum absolute atomic E-state index is 0.340. The molecule has 0 amide bonds. The van der Waals surface area contributed by atoms with Gasteiger partial charge in [-0.05, 0) is 18.9 Å². The normalized spacial score (nSPS) is 17.2. The molecule has 2 heterocycles. The summed E-state index contributed by atoms with van der Waals surface area (Å²) in [7, 11) is 0. The minimum atomic E-state index is 0.340. The van der Waals surface area contributed by atoms with Crippen molar-refractivity contribution in [3.8, 4) is 0 Å². The molecule has 1 aromatic rings. The summed E-state index contributed by atoms with van der Waals surface area (Å²) in [4.78, 5) is 8.61. The molecule has 0 saturated heterocycles. The van der Waals surface area contributed by atoms with Crippen molar-refractivity contribution in [1.82, 2.24) is 4.98 Å². The molecule has 86 valence electrons. The standard InChI is InChI=1S/C13H18N2O/c1-4-12-8-15-13(16-12)9(2)5-11-6-10(3)14-7-11/h7-9H,4-6H2,1-3H3. The zero-order valence-electron chi connectivity index (χ0n) is 10.2. The van der Waals surface area contributed by atoms with Gasteiger partial charge in [-0.1, -0.05) is 13.8 Å². The van der Waals surface area contributed by atoms with E-state index < -0.39 is 0 Å². The molecule has 0 N–H and O–H groups in total. The molecule has 3 heteroatoms. The second-order valence-electron chi connectivity index (χ2n) is 4.45. The number of hydrogen-bond donors (Lipinski definition) is 0. The van der Waals surface area contributed by atoms with E-state index in [9.17, 15) is 0 Å². The second-order valence-corrected chi connectivity index (χ2v) is 4.45. The Morgan fingerprint density at radius 3 is 2.88 bits per heavy atom. The number of aliphatic imine (C=N–C) groups is 1. The maximum Gasteiger partial charge on any atom is 0.197 e. The van der Waals surface area contributed by atoms with E-state index in [0.29, 0.717) is 5.92 Å². The van der Waals surface area contributed by atoms with Gasteiger partial charge >= 0.3 is 0 Å². The summed E-state index contributed by atoms with van der Waals surface area (Å²) in [5.41, 5.74) is 2.57. The molecule has 0 saturated carbocycles. The summed E-state index contributed by atoms with van der Waals surface area (Å²) in [6, 6.07) is 0. The topological polar surface area (TPSA) is 38.4 Å². The van der Waals surface area contributed by atoms with Gasteiger partial charge in [0.25, 0.3) is 0 Å². The monoisotopic (exact) mass is 218 g/mol. The summed E-state index contributed by atoms with van der Waals surface area (Å²) < 4.78 is 5.66. The molecular formula is C13H18N2O. The molecule has 0 bridgehead atoms. The highest BCUT2D eigenvalue weighted by Crippen LogP contribution is 2.26. The van der Waals surface area contributed by atoms with Crippen LogP contribution < -0.4 is 0 Å². The third-order valence-electron chi connectivity index (χ3n) is 2.86. The van der Waals surface area contributed by atoms with Gasteiger partial charge in [-0.2, -0.15) is 0 Å². The summed E-state index contributed by atoms with van der Waals surface area (Å²) >= 11 is 0. The molecule has 0 fully saturated rings. The maximum absolute atomic E-state index is 5.66. The number of nitrogens with zero attached hydrogens (tertiary/aromatic N) is 2. The Balaban J connectivity index is 1.96. The fourth-order valence-corrected chi connectivity index (χ4v) is 1.94. The predicted molar refractivity (Wildman–Crippen MR) is 64.7 cm³/mol. The first-order valence-corrected chi connectivity index (χ1v) is 5.84. The molecule has 0 spiro atoms. The van der Waals surface area contributed by atoms with Crippen LogP contribution in [0, 0.1) is 0 Å². The number of aromatic nitrogens is 1. The summed E-state index contributed by atoms with van der Waals surface area (Å²) in [5.74, 6) is 2.16. The lowest BCUT2D eigenvalue weighted by Crippen LogP contribution is -1.97. The van der Waals surface area contributed by atoms with Crippen molar-refractivity contribution in [3.63, 3.8) is 0 Å². The van der Waals surface area contributed by atoms with Crippen molar-refractivity contribution in [2.45, 2.75) is 46.0 Å². The number of allylic oxidation sites excluding steroid dienone is 1. The number of aryl methyl sites for hydroxylation is 1. The Bertz CT molecular complexity index is 429. The molecule has 1 atom stereocenters. The van der Waals surface area contributed by atoms with Crippen molar-refractivity contribution < 1.29 is 4.42 Å². The average molecular weight is 218 g/mol. The third-order valence-corrected chi connectivity index (χ3v) is 2.86. The molecule has 0 aromatic carbocycles. The average Bonchev–Trinajstić information content (AvgIpc) is 2.87. The van der Waals surface area contributed by atoms with Crippen molar-refractivity contribution in [3.05, 3.63) is 29.6 Å². The quantitative estimate of drug-likeness (QED) is 0.776. The summed E-state index contributed by atoms with van der Waals surface area (Å²) in [6.45, 7) is 6.29. The first-order valence-electron chi connectivity index (χ1n) is 5.84. The van der Waals surface area contributed by atoms with Crippen LogP contribution in [0.3, 0.4) is 0 Å². The highest BCUT2D eigenvalue weighted by atomic mass is 16.4. The molecule has 3 nitrogen and oxygen atoms in total. The van der Waals surface area contributed by atoms with Crippen molar-refractivity contribution in [2.24, 2.45) is 4.99 Å². The Labute approximate surface area is 96.3 Å². The first-order chi connectivity index (χ1) is 7.69. The zero-order chi connectivity index (χ0) is 11.5. The van der Waals surface area contributed by atoms with E-state index in [4.69, 9.17) is 4.42 Å². The van der Waals surface area contributed by atoms with Crippen molar-refractivity contribution in [2.75, 3.05) is 0 Å². The lowest BCUT2D eigenvalue weighted by molar-refractivity contribution is 0.428. The molecule has 1 unspecified atom stereocenters. The van der Waals surface area contributed by atoms with Gasteiger partial charge in [0, 0.05) is 30.7 Å². The van der Waals surface area contributed by atoms with Gasteiger partial charge in [0.15, 0.2) is 5.89 Å². The van der Waals surface area contributed by atoms with Crippen LogP contribution in [0.1, 0.15) is 51.2 Å². The number of hydrogen-bond acceptors (Lipinski definition) is 3. The van der Waals surface area contributed by atoms with Crippen molar-refractivity contribution in [1.29, 1.82) is 0 Å². The van der Waals surface area contributed by atoms with E-state index in [2.05, 4.69) is 30.7 Å². The molecular weight excluding hydrogens is 200 g/mol. The Kier molecular flexibility index (Phi) is 3.22. The van der Waals surface area contributed by atoms with E-state index >= 15 is 0 Å². The van der Waals surface area contributed by atoms with Crippen LogP contribution in [0.25, 0.3) is 0 Å². The van der Waals surface area contributed by atoms with Crippen LogP contribution >= 0.6 is 0 Å². The molecule has 1 aliphatic heterocycles. The molecule has 0 radical (unpaired) electrons. The fraction of sp³-hybridized carbons (Fsp3) is 0.538. The van der Waals surface area contributed by atoms with Crippen LogP contribution in [0.2, 0.25) is 0 Å². The van der Waals surface area contributed by atoms with Crippen LogP contribution in [-0.4, -0.2) is 10.7 Å². The van der Waals surface area contributed by atoms with E-state index in [1.165, 1.54) is 11.3 Å². The van der Waals surface area contributed by atoms with E-state index in [0.717, 1.165) is 30.9 Å². The molecule has 0 aliphatic carbocycles. The fourth-order valence-electron chi connectivity index (χ4n) is 1.94. The molecule has 2 rings (SSSR count). The first kappa shape index (κ1) is 11.1. The minimum Gasteiger partial charge on any atom is -0.445 e. The summed E-state index contributed by atoms with van der Waals surface area (Å²) in [6.07, 6.45) is 6.72.